The number of rotatable bonds is 14. The van der Waals surface area contributed by atoms with Gasteiger partial charge in [-0.15, -0.1) is 5.06 Å². The largest absolute Gasteiger partial charge is 0.380 e. The maximum Gasteiger partial charge on any atom is 0.380 e. The fourth-order valence-corrected chi connectivity index (χ4v) is 2.52. The number of carbonyl (C=O) groups is 1. The molecular formula is C17H36N4O3. The van der Waals surface area contributed by atoms with Gasteiger partial charge < -0.3 is 21.4 Å². The molecule has 0 saturated carbocycles. The zero-order valence-electron chi connectivity index (χ0n) is 15.6. The summed E-state index contributed by atoms with van der Waals surface area (Å²) in [5.41, 5.74) is 8.62. The van der Waals surface area contributed by atoms with E-state index in [0.29, 0.717) is 6.42 Å². The number of carbonyl (C=O) groups excluding carboxylic acids is 1. The molecule has 0 saturated heterocycles. The summed E-state index contributed by atoms with van der Waals surface area (Å²) in [6.45, 7) is 2.22. The topological polar surface area (TPSA) is 114 Å². The minimum absolute atomic E-state index is 0.147. The van der Waals surface area contributed by atoms with E-state index in [1.165, 1.54) is 50.0 Å². The van der Waals surface area contributed by atoms with E-state index in [2.05, 4.69) is 11.9 Å². The van der Waals surface area contributed by atoms with Crippen LogP contribution in [0.5, 0.6) is 0 Å². The minimum atomic E-state index is -2.01. The zero-order valence-corrected chi connectivity index (χ0v) is 15.6. The maximum absolute atomic E-state index is 12.0. The molecule has 0 aromatic carbocycles. The van der Waals surface area contributed by atoms with Crippen LogP contribution < -0.4 is 11.5 Å². The van der Waals surface area contributed by atoms with Crippen molar-refractivity contribution in [3.05, 3.63) is 0 Å². The summed E-state index contributed by atoms with van der Waals surface area (Å²) in [4.78, 5) is 20.5. The van der Waals surface area contributed by atoms with Crippen LogP contribution in [-0.2, 0) is 9.63 Å². The second kappa shape index (κ2) is 13.0. The number of hydrogen-bond donors (Lipinski definition) is 3. The summed E-state index contributed by atoms with van der Waals surface area (Å²) in [6, 6.07) is 0. The van der Waals surface area contributed by atoms with Gasteiger partial charge in [-0.05, 0) is 6.42 Å². The van der Waals surface area contributed by atoms with Gasteiger partial charge in [0.1, 0.15) is 0 Å². The molecule has 0 aromatic rings. The zero-order chi connectivity index (χ0) is 18.4. The highest BCUT2D eigenvalue weighted by molar-refractivity contribution is 5.84. The summed E-state index contributed by atoms with van der Waals surface area (Å²) in [6.07, 6.45) is 11.7. The Morgan fingerprint density at radius 1 is 1.00 bits per heavy atom. The lowest BCUT2D eigenvalue weighted by Crippen LogP contribution is -2.43. The summed E-state index contributed by atoms with van der Waals surface area (Å²) in [5, 5.41) is 11.6. The Balaban J connectivity index is 4.04. The highest BCUT2D eigenvalue weighted by Gasteiger charge is 2.38. The second-order valence-electron chi connectivity index (χ2n) is 6.48. The van der Waals surface area contributed by atoms with E-state index < -0.39 is 11.7 Å². The molecule has 0 bridgehead atoms. The number of nitrogens with two attached hydrogens (primary N) is 2. The Morgan fingerprint density at radius 2 is 1.46 bits per heavy atom. The van der Waals surface area contributed by atoms with Gasteiger partial charge in [-0.25, -0.2) is 9.79 Å². The average Bonchev–Trinajstić information content (AvgIpc) is 2.47. The van der Waals surface area contributed by atoms with Crippen molar-refractivity contribution < 1.29 is 14.7 Å². The number of guanidine groups is 1. The van der Waals surface area contributed by atoms with Crippen LogP contribution in [0.25, 0.3) is 0 Å². The molecule has 1 atom stereocenters. The fourth-order valence-electron chi connectivity index (χ4n) is 2.52. The Labute approximate surface area is 146 Å². The van der Waals surface area contributed by atoms with Crippen molar-refractivity contribution in [1.82, 2.24) is 5.06 Å². The lowest BCUT2D eigenvalue weighted by atomic mass is 10.0. The third-order valence-corrected chi connectivity index (χ3v) is 3.79. The Bertz CT molecular complexity index is 371. The average molecular weight is 345 g/mol. The predicted octanol–water partition coefficient (Wildman–Crippen LogP) is 2.28. The van der Waals surface area contributed by atoms with E-state index in [1.807, 2.05) is 0 Å². The number of aliphatic imine (C=N–C) groups is 1. The molecule has 0 spiro atoms. The van der Waals surface area contributed by atoms with Gasteiger partial charge in [-0.3, -0.25) is 0 Å². The van der Waals surface area contributed by atoms with Crippen LogP contribution in [0.4, 0.5) is 0 Å². The number of hydroxylamine groups is 2. The quantitative estimate of drug-likeness (QED) is 0.193. The van der Waals surface area contributed by atoms with Gasteiger partial charge in [0.15, 0.2) is 5.96 Å². The molecule has 0 amide bonds. The molecule has 142 valence electrons. The molecule has 0 aromatic heterocycles. The number of aliphatic hydroxyl groups is 1. The van der Waals surface area contributed by atoms with E-state index in [-0.39, 0.29) is 12.4 Å². The van der Waals surface area contributed by atoms with Crippen LogP contribution in [0.3, 0.4) is 0 Å². The first-order valence-corrected chi connectivity index (χ1v) is 9.04. The predicted molar refractivity (Wildman–Crippen MR) is 97.0 cm³/mol. The second-order valence-corrected chi connectivity index (χ2v) is 6.48. The van der Waals surface area contributed by atoms with Gasteiger partial charge in [0, 0.05) is 20.5 Å². The Kier molecular flexibility index (Phi) is 12.3. The van der Waals surface area contributed by atoms with Gasteiger partial charge in [0.2, 0.25) is 0 Å². The van der Waals surface area contributed by atoms with Gasteiger partial charge in [-0.2, -0.15) is 0 Å². The maximum atomic E-state index is 12.0. The lowest BCUT2D eigenvalue weighted by molar-refractivity contribution is -0.200. The first-order chi connectivity index (χ1) is 11.3. The summed E-state index contributed by atoms with van der Waals surface area (Å²) < 4.78 is 0. The first-order valence-electron chi connectivity index (χ1n) is 9.04. The summed E-state index contributed by atoms with van der Waals surface area (Å²) in [7, 11) is 3.10. The molecule has 5 N–H and O–H groups in total. The van der Waals surface area contributed by atoms with Crippen molar-refractivity contribution in [2.45, 2.75) is 83.3 Å². The molecule has 1 unspecified atom stereocenters. The summed E-state index contributed by atoms with van der Waals surface area (Å²) >= 11 is 0. The van der Waals surface area contributed by atoms with Gasteiger partial charge in [0.05, 0.1) is 0 Å². The Morgan fingerprint density at radius 3 is 1.88 bits per heavy atom. The molecule has 0 aliphatic heterocycles. The van der Waals surface area contributed by atoms with Crippen LogP contribution in [-0.4, -0.2) is 41.9 Å². The van der Waals surface area contributed by atoms with E-state index in [9.17, 15) is 9.90 Å². The number of hydrogen-bond acceptors (Lipinski definition) is 5. The van der Waals surface area contributed by atoms with E-state index >= 15 is 0 Å². The Hall–Kier alpha value is -1.34. The van der Waals surface area contributed by atoms with Crippen molar-refractivity contribution >= 4 is 11.9 Å². The van der Waals surface area contributed by atoms with Crippen molar-refractivity contribution in [3.63, 3.8) is 0 Å². The van der Waals surface area contributed by atoms with Crippen LogP contribution in [0.1, 0.15) is 77.6 Å². The molecular weight excluding hydrogens is 308 g/mol. The van der Waals surface area contributed by atoms with Crippen molar-refractivity contribution in [1.29, 1.82) is 0 Å². The third kappa shape index (κ3) is 11.2. The van der Waals surface area contributed by atoms with Gasteiger partial charge in [-0.1, -0.05) is 64.7 Å². The van der Waals surface area contributed by atoms with Crippen molar-refractivity contribution in [3.8, 4) is 0 Å². The first kappa shape index (κ1) is 22.7. The van der Waals surface area contributed by atoms with E-state index in [4.69, 9.17) is 16.3 Å². The van der Waals surface area contributed by atoms with Crippen LogP contribution in [0.15, 0.2) is 4.99 Å². The summed E-state index contributed by atoms with van der Waals surface area (Å²) in [5.74, 6) is -1.20. The van der Waals surface area contributed by atoms with Gasteiger partial charge in [0.25, 0.3) is 5.72 Å². The van der Waals surface area contributed by atoms with Gasteiger partial charge >= 0.3 is 5.97 Å². The highest BCUT2D eigenvalue weighted by Crippen LogP contribution is 2.20. The molecule has 0 heterocycles. The van der Waals surface area contributed by atoms with Crippen LogP contribution >= 0.6 is 0 Å². The number of unbranched alkanes of at least 4 members (excludes halogenated alkanes) is 9. The number of nitrogens with zero attached hydrogens (tertiary/aromatic N) is 2. The molecule has 24 heavy (non-hydrogen) atoms. The molecule has 0 radical (unpaired) electrons. The molecule has 0 aliphatic carbocycles. The van der Waals surface area contributed by atoms with Crippen molar-refractivity contribution in [2.24, 2.45) is 16.5 Å². The SMILES string of the molecule is CCCCCCCCCCCCC(O)(N=C(N)N)C(=O)ON(C)C. The standard InChI is InChI=1S/C17H36N4O3/c1-4-5-6-7-8-9-10-11-12-13-14-17(23,20-16(18)19)15(22)24-21(2)3/h23H,4-14H2,1-3H3,(H4,18,19,20). The van der Waals surface area contributed by atoms with Crippen molar-refractivity contribution in [2.75, 3.05) is 14.1 Å². The van der Waals surface area contributed by atoms with Crippen LogP contribution in [0, 0.1) is 0 Å². The lowest BCUT2D eigenvalue weighted by Gasteiger charge is -2.23. The minimum Gasteiger partial charge on any atom is -0.370 e. The van der Waals surface area contributed by atoms with Crippen LogP contribution in [0.2, 0.25) is 0 Å². The normalized spacial score (nSPS) is 13.5. The van der Waals surface area contributed by atoms with E-state index in [0.717, 1.165) is 12.8 Å². The monoisotopic (exact) mass is 344 g/mol. The smallest absolute Gasteiger partial charge is 0.370 e. The molecule has 7 heteroatoms. The third-order valence-electron chi connectivity index (χ3n) is 3.79. The molecule has 0 fully saturated rings. The molecule has 7 nitrogen and oxygen atoms in total. The highest BCUT2D eigenvalue weighted by atomic mass is 16.7. The fraction of sp³-hybridized carbons (Fsp3) is 0.882. The molecule has 0 rings (SSSR count). The van der Waals surface area contributed by atoms with E-state index in [1.54, 1.807) is 14.1 Å². The molecule has 0 aliphatic rings.